The number of carbonyl (C=O) groups is 2. The zero-order chi connectivity index (χ0) is 15.6. The number of hydrogen-bond acceptors (Lipinski definition) is 3. The molecule has 0 bridgehead atoms. The van der Waals surface area contributed by atoms with Crippen LogP contribution in [0, 0.1) is 0 Å². The van der Waals surface area contributed by atoms with Crippen LogP contribution in [0.5, 0.6) is 5.75 Å². The van der Waals surface area contributed by atoms with E-state index in [4.69, 9.17) is 16.3 Å². The van der Waals surface area contributed by atoms with Crippen molar-refractivity contribution in [2.24, 2.45) is 0 Å². The summed E-state index contributed by atoms with van der Waals surface area (Å²) in [7, 11) is 0. The molecule has 1 aromatic rings. The molecule has 1 aromatic carbocycles. The first kappa shape index (κ1) is 15.4. The molecule has 112 valence electrons. The molecule has 5 nitrogen and oxygen atoms in total. The minimum absolute atomic E-state index is 0.108. The average molecular weight is 309 g/mol. The number of hydrogen-bond donors (Lipinski definition) is 1. The largest absolute Gasteiger partial charge is 0.479 e. The van der Waals surface area contributed by atoms with Gasteiger partial charge in [-0.05, 0) is 26.0 Å². The molecule has 1 aliphatic rings. The van der Waals surface area contributed by atoms with Crippen LogP contribution in [0.4, 0.5) is 11.4 Å². The average Bonchev–Trinajstić information content (AvgIpc) is 2.43. The molecular weight excluding hydrogens is 292 g/mol. The summed E-state index contributed by atoms with van der Waals surface area (Å²) in [6.45, 7) is 7.84. The van der Waals surface area contributed by atoms with Crippen molar-refractivity contribution in [1.82, 2.24) is 0 Å². The molecule has 1 heterocycles. The lowest BCUT2D eigenvalue weighted by molar-refractivity contribution is -0.125. The first-order chi connectivity index (χ1) is 9.92. The summed E-state index contributed by atoms with van der Waals surface area (Å²) in [5.74, 6) is 0.0309. The van der Waals surface area contributed by atoms with Gasteiger partial charge in [-0.15, -0.1) is 11.6 Å². The summed E-state index contributed by atoms with van der Waals surface area (Å²) in [5, 5.41) is 2.65. The van der Waals surface area contributed by atoms with Crippen molar-refractivity contribution in [3.05, 3.63) is 30.4 Å². The van der Waals surface area contributed by atoms with E-state index in [-0.39, 0.29) is 17.7 Å². The molecule has 0 saturated carbocycles. The Labute approximate surface area is 128 Å². The molecule has 0 saturated heterocycles. The van der Waals surface area contributed by atoms with E-state index in [2.05, 4.69) is 11.9 Å². The van der Waals surface area contributed by atoms with Gasteiger partial charge in [0.1, 0.15) is 11.6 Å². The summed E-state index contributed by atoms with van der Waals surface area (Å²) in [4.78, 5) is 25.2. The van der Waals surface area contributed by atoms with Crippen molar-refractivity contribution in [1.29, 1.82) is 0 Å². The van der Waals surface area contributed by atoms with Crippen LogP contribution in [0.1, 0.15) is 13.8 Å². The van der Waals surface area contributed by atoms with Crippen molar-refractivity contribution >= 4 is 34.8 Å². The molecule has 21 heavy (non-hydrogen) atoms. The SMILES string of the molecule is C=C(C)CN1C(=O)C(C)Oc2cc(NC(=O)CCl)ccc21. The van der Waals surface area contributed by atoms with Crippen molar-refractivity contribution in [3.63, 3.8) is 0 Å². The van der Waals surface area contributed by atoms with Crippen molar-refractivity contribution < 1.29 is 14.3 Å². The molecule has 2 amide bonds. The van der Waals surface area contributed by atoms with E-state index in [1.807, 2.05) is 6.92 Å². The number of nitrogens with one attached hydrogen (secondary N) is 1. The van der Waals surface area contributed by atoms with Gasteiger partial charge >= 0.3 is 0 Å². The molecule has 6 heteroatoms. The topological polar surface area (TPSA) is 58.6 Å². The van der Waals surface area contributed by atoms with Crippen LogP contribution in [-0.4, -0.2) is 30.3 Å². The number of anilines is 2. The second kappa shape index (κ2) is 6.18. The minimum atomic E-state index is -0.573. The number of halogens is 1. The van der Waals surface area contributed by atoms with E-state index >= 15 is 0 Å². The van der Waals surface area contributed by atoms with Gasteiger partial charge in [-0.25, -0.2) is 0 Å². The Balaban J connectivity index is 2.34. The Bertz CT molecular complexity index is 601. The number of rotatable bonds is 4. The number of alkyl halides is 1. The van der Waals surface area contributed by atoms with Crippen LogP contribution >= 0.6 is 11.6 Å². The summed E-state index contributed by atoms with van der Waals surface area (Å²) in [5.41, 5.74) is 2.13. The van der Waals surface area contributed by atoms with E-state index in [1.54, 1.807) is 30.0 Å². The first-order valence-electron chi connectivity index (χ1n) is 6.54. The lowest BCUT2D eigenvalue weighted by Crippen LogP contribution is -2.45. The van der Waals surface area contributed by atoms with Crippen LogP contribution in [0.2, 0.25) is 0 Å². The van der Waals surface area contributed by atoms with Gasteiger partial charge in [-0.3, -0.25) is 9.59 Å². The van der Waals surface area contributed by atoms with Crippen molar-refractivity contribution in [2.45, 2.75) is 20.0 Å². The van der Waals surface area contributed by atoms with Gasteiger partial charge in [0.2, 0.25) is 5.91 Å². The Morgan fingerprint density at radius 2 is 2.24 bits per heavy atom. The van der Waals surface area contributed by atoms with Crippen LogP contribution < -0.4 is 15.0 Å². The minimum Gasteiger partial charge on any atom is -0.479 e. The Morgan fingerprint density at radius 3 is 2.86 bits per heavy atom. The van der Waals surface area contributed by atoms with Gasteiger partial charge in [-0.2, -0.15) is 0 Å². The standard InChI is InChI=1S/C15H17ClN2O3/c1-9(2)8-18-12-5-4-11(17-14(19)7-16)6-13(12)21-10(3)15(18)20/h4-6,10H,1,7-8H2,2-3H3,(H,17,19). The van der Waals surface area contributed by atoms with Crippen LogP contribution in [0.3, 0.4) is 0 Å². The van der Waals surface area contributed by atoms with Crippen LogP contribution in [0.25, 0.3) is 0 Å². The maximum atomic E-state index is 12.2. The molecule has 1 atom stereocenters. The Morgan fingerprint density at radius 1 is 1.52 bits per heavy atom. The predicted molar refractivity (Wildman–Crippen MR) is 83.0 cm³/mol. The van der Waals surface area contributed by atoms with E-state index < -0.39 is 6.10 Å². The Hall–Kier alpha value is -2.01. The van der Waals surface area contributed by atoms with Crippen molar-refractivity contribution in [3.8, 4) is 5.75 Å². The number of ether oxygens (including phenoxy) is 1. The number of fused-ring (bicyclic) bond motifs is 1. The third kappa shape index (κ3) is 3.36. The van der Waals surface area contributed by atoms with Gasteiger partial charge in [-0.1, -0.05) is 12.2 Å². The summed E-state index contributed by atoms with van der Waals surface area (Å²) < 4.78 is 5.61. The highest BCUT2D eigenvalue weighted by Crippen LogP contribution is 2.36. The summed E-state index contributed by atoms with van der Waals surface area (Å²) in [6.07, 6.45) is -0.573. The third-order valence-electron chi connectivity index (χ3n) is 3.00. The maximum Gasteiger partial charge on any atom is 0.268 e. The smallest absolute Gasteiger partial charge is 0.268 e. The second-order valence-corrected chi connectivity index (χ2v) is 5.27. The highest BCUT2D eigenvalue weighted by molar-refractivity contribution is 6.29. The molecule has 0 radical (unpaired) electrons. The molecule has 0 spiro atoms. The van der Waals surface area contributed by atoms with Gasteiger partial charge in [0.15, 0.2) is 6.10 Å². The first-order valence-corrected chi connectivity index (χ1v) is 7.08. The lowest BCUT2D eigenvalue weighted by atomic mass is 10.1. The Kier molecular flexibility index (Phi) is 4.53. The molecule has 0 aromatic heterocycles. The number of nitrogens with zero attached hydrogens (tertiary/aromatic N) is 1. The molecular formula is C15H17ClN2O3. The fraction of sp³-hybridized carbons (Fsp3) is 0.333. The lowest BCUT2D eigenvalue weighted by Gasteiger charge is -2.33. The third-order valence-corrected chi connectivity index (χ3v) is 3.24. The fourth-order valence-electron chi connectivity index (χ4n) is 2.12. The normalized spacial score (nSPS) is 17.0. The van der Waals surface area contributed by atoms with Gasteiger partial charge in [0, 0.05) is 18.3 Å². The van der Waals surface area contributed by atoms with Crippen molar-refractivity contribution in [2.75, 3.05) is 22.6 Å². The maximum absolute atomic E-state index is 12.2. The van der Waals surface area contributed by atoms with Crippen LogP contribution in [-0.2, 0) is 9.59 Å². The monoisotopic (exact) mass is 308 g/mol. The summed E-state index contributed by atoms with van der Waals surface area (Å²) in [6, 6.07) is 5.14. The number of amides is 2. The van der Waals surface area contributed by atoms with E-state index in [0.717, 1.165) is 5.57 Å². The zero-order valence-corrected chi connectivity index (χ0v) is 12.7. The molecule has 2 rings (SSSR count). The quantitative estimate of drug-likeness (QED) is 0.687. The molecule has 0 fully saturated rings. The highest BCUT2D eigenvalue weighted by atomic mass is 35.5. The fourth-order valence-corrected chi connectivity index (χ4v) is 2.18. The number of carbonyl (C=O) groups excluding carboxylic acids is 2. The molecule has 1 unspecified atom stereocenters. The van der Waals surface area contributed by atoms with E-state index in [1.165, 1.54) is 0 Å². The molecule has 1 N–H and O–H groups in total. The highest BCUT2D eigenvalue weighted by Gasteiger charge is 2.31. The summed E-state index contributed by atoms with van der Waals surface area (Å²) >= 11 is 5.46. The van der Waals surface area contributed by atoms with E-state index in [0.29, 0.717) is 23.7 Å². The molecule has 0 aliphatic carbocycles. The zero-order valence-electron chi connectivity index (χ0n) is 12.0. The molecule has 1 aliphatic heterocycles. The van der Waals surface area contributed by atoms with Crippen LogP contribution in [0.15, 0.2) is 30.4 Å². The second-order valence-electron chi connectivity index (χ2n) is 5.01. The van der Waals surface area contributed by atoms with Gasteiger partial charge in [0.05, 0.1) is 5.69 Å². The van der Waals surface area contributed by atoms with Gasteiger partial charge in [0.25, 0.3) is 5.91 Å². The van der Waals surface area contributed by atoms with Gasteiger partial charge < -0.3 is 15.0 Å². The predicted octanol–water partition coefficient (Wildman–Crippen LogP) is 2.55. The number of benzene rings is 1. The van der Waals surface area contributed by atoms with E-state index in [9.17, 15) is 9.59 Å².